The molecule has 1 aliphatic carbocycles. The van der Waals surface area contributed by atoms with Crippen molar-refractivity contribution >= 4 is 0 Å². The smallest absolute Gasteiger partial charge is 0.183 e. The number of nitrogens with one attached hydrogen (secondary N) is 1. The number of pyridine rings is 1. The van der Waals surface area contributed by atoms with Gasteiger partial charge in [-0.1, -0.05) is 6.92 Å². The van der Waals surface area contributed by atoms with Crippen LogP contribution in [-0.4, -0.2) is 25.7 Å². The lowest BCUT2D eigenvalue weighted by Gasteiger charge is -2.12. The van der Waals surface area contributed by atoms with Gasteiger partial charge in [0.25, 0.3) is 0 Å². The highest BCUT2D eigenvalue weighted by molar-refractivity contribution is 5.42. The SMILES string of the molecule is COc1ccnc(CNCC2CC2C)c1OC. The Hall–Kier alpha value is -1.29. The highest BCUT2D eigenvalue weighted by atomic mass is 16.5. The first-order valence-corrected chi connectivity index (χ1v) is 6.02. The first-order valence-electron chi connectivity index (χ1n) is 6.02. The summed E-state index contributed by atoms with van der Waals surface area (Å²) in [6, 6.07) is 1.81. The first-order chi connectivity index (χ1) is 8.26. The van der Waals surface area contributed by atoms with Crippen molar-refractivity contribution in [2.75, 3.05) is 20.8 Å². The van der Waals surface area contributed by atoms with Crippen molar-refractivity contribution in [3.63, 3.8) is 0 Å². The topological polar surface area (TPSA) is 43.4 Å². The number of methoxy groups -OCH3 is 2. The molecule has 4 nitrogen and oxygen atoms in total. The molecule has 0 aromatic carbocycles. The highest BCUT2D eigenvalue weighted by Crippen LogP contribution is 2.37. The zero-order valence-corrected chi connectivity index (χ0v) is 10.7. The molecule has 0 radical (unpaired) electrons. The Morgan fingerprint density at radius 3 is 2.76 bits per heavy atom. The second-order valence-corrected chi connectivity index (χ2v) is 4.60. The fraction of sp³-hybridized carbons (Fsp3) is 0.615. The van der Waals surface area contributed by atoms with Crippen LogP contribution in [0.3, 0.4) is 0 Å². The van der Waals surface area contributed by atoms with Crippen LogP contribution in [0.15, 0.2) is 12.3 Å². The molecule has 0 aliphatic heterocycles. The molecule has 0 bridgehead atoms. The fourth-order valence-electron chi connectivity index (χ4n) is 2.04. The van der Waals surface area contributed by atoms with Gasteiger partial charge in [-0.3, -0.25) is 4.98 Å². The Bertz CT molecular complexity index is 382. The summed E-state index contributed by atoms with van der Waals surface area (Å²) < 4.78 is 10.6. The molecule has 0 saturated heterocycles. The summed E-state index contributed by atoms with van der Waals surface area (Å²) in [5.41, 5.74) is 0.903. The molecule has 0 amide bonds. The number of nitrogens with zero attached hydrogens (tertiary/aromatic N) is 1. The Labute approximate surface area is 102 Å². The fourth-order valence-corrected chi connectivity index (χ4v) is 2.04. The molecule has 2 unspecified atom stereocenters. The van der Waals surface area contributed by atoms with E-state index in [4.69, 9.17) is 9.47 Å². The van der Waals surface area contributed by atoms with Gasteiger partial charge >= 0.3 is 0 Å². The van der Waals surface area contributed by atoms with Crippen LogP contribution in [0, 0.1) is 11.8 Å². The molecular formula is C13H20N2O2. The summed E-state index contributed by atoms with van der Waals surface area (Å²) in [7, 11) is 3.28. The van der Waals surface area contributed by atoms with E-state index >= 15 is 0 Å². The number of hydrogen-bond acceptors (Lipinski definition) is 4. The molecular weight excluding hydrogens is 216 g/mol. The van der Waals surface area contributed by atoms with Gasteiger partial charge in [0.05, 0.1) is 19.9 Å². The molecule has 1 saturated carbocycles. The maximum absolute atomic E-state index is 5.33. The molecule has 4 heteroatoms. The zero-order valence-electron chi connectivity index (χ0n) is 10.7. The number of rotatable bonds is 6. The standard InChI is InChI=1S/C13H20N2O2/c1-9-6-10(9)7-14-8-11-13(17-3)12(16-2)4-5-15-11/h4-5,9-10,14H,6-8H2,1-3H3. The number of aromatic nitrogens is 1. The van der Waals surface area contributed by atoms with Crippen LogP contribution in [0.5, 0.6) is 11.5 Å². The van der Waals surface area contributed by atoms with Gasteiger partial charge in [0, 0.05) is 18.8 Å². The van der Waals surface area contributed by atoms with Crippen LogP contribution < -0.4 is 14.8 Å². The van der Waals surface area contributed by atoms with E-state index in [2.05, 4.69) is 17.2 Å². The van der Waals surface area contributed by atoms with Crippen molar-refractivity contribution in [2.24, 2.45) is 11.8 Å². The molecule has 1 aliphatic rings. The molecule has 1 aromatic rings. The van der Waals surface area contributed by atoms with E-state index in [1.54, 1.807) is 20.4 Å². The van der Waals surface area contributed by atoms with Gasteiger partial charge in [-0.2, -0.15) is 0 Å². The third kappa shape index (κ3) is 2.88. The maximum atomic E-state index is 5.33. The minimum absolute atomic E-state index is 0.726. The Kier molecular flexibility index (Phi) is 3.84. The minimum atomic E-state index is 0.726. The van der Waals surface area contributed by atoms with Gasteiger partial charge in [-0.05, 0) is 24.8 Å². The Morgan fingerprint density at radius 1 is 1.41 bits per heavy atom. The van der Waals surface area contributed by atoms with Gasteiger partial charge in [0.1, 0.15) is 0 Å². The molecule has 1 aromatic heterocycles. The predicted octanol–water partition coefficient (Wildman–Crippen LogP) is 1.84. The van der Waals surface area contributed by atoms with Crippen molar-refractivity contribution in [1.82, 2.24) is 10.3 Å². The molecule has 1 N–H and O–H groups in total. The minimum Gasteiger partial charge on any atom is -0.493 e. The van der Waals surface area contributed by atoms with Crippen molar-refractivity contribution < 1.29 is 9.47 Å². The van der Waals surface area contributed by atoms with Gasteiger partial charge in [0.2, 0.25) is 0 Å². The summed E-state index contributed by atoms with van der Waals surface area (Å²) in [5.74, 6) is 3.18. The number of hydrogen-bond donors (Lipinski definition) is 1. The normalized spacial score (nSPS) is 22.3. The van der Waals surface area contributed by atoms with Crippen molar-refractivity contribution in [2.45, 2.75) is 19.9 Å². The van der Waals surface area contributed by atoms with Crippen LogP contribution in [0.25, 0.3) is 0 Å². The third-order valence-electron chi connectivity index (χ3n) is 3.34. The molecule has 1 heterocycles. The second kappa shape index (κ2) is 5.36. The van der Waals surface area contributed by atoms with Crippen molar-refractivity contribution in [3.05, 3.63) is 18.0 Å². The summed E-state index contributed by atoms with van der Waals surface area (Å²) >= 11 is 0. The van der Waals surface area contributed by atoms with E-state index in [0.717, 1.165) is 42.1 Å². The quantitative estimate of drug-likeness (QED) is 0.818. The van der Waals surface area contributed by atoms with E-state index in [1.807, 2.05) is 6.07 Å². The van der Waals surface area contributed by atoms with Gasteiger partial charge in [-0.15, -0.1) is 0 Å². The Balaban J connectivity index is 1.94. The van der Waals surface area contributed by atoms with Gasteiger partial charge in [0.15, 0.2) is 11.5 Å². The second-order valence-electron chi connectivity index (χ2n) is 4.60. The van der Waals surface area contributed by atoms with Crippen LogP contribution in [-0.2, 0) is 6.54 Å². The average molecular weight is 236 g/mol. The van der Waals surface area contributed by atoms with E-state index in [-0.39, 0.29) is 0 Å². The van der Waals surface area contributed by atoms with E-state index < -0.39 is 0 Å². The monoisotopic (exact) mass is 236 g/mol. The predicted molar refractivity (Wildman–Crippen MR) is 66.3 cm³/mol. The largest absolute Gasteiger partial charge is 0.493 e. The first kappa shape index (κ1) is 12.2. The van der Waals surface area contributed by atoms with Crippen LogP contribution in [0.1, 0.15) is 19.0 Å². The van der Waals surface area contributed by atoms with Crippen LogP contribution in [0.2, 0.25) is 0 Å². The maximum Gasteiger partial charge on any atom is 0.183 e. The lowest BCUT2D eigenvalue weighted by molar-refractivity contribution is 0.348. The van der Waals surface area contributed by atoms with Gasteiger partial charge < -0.3 is 14.8 Å². The Morgan fingerprint density at radius 2 is 2.18 bits per heavy atom. The molecule has 94 valence electrons. The van der Waals surface area contributed by atoms with Gasteiger partial charge in [-0.25, -0.2) is 0 Å². The lowest BCUT2D eigenvalue weighted by atomic mass is 10.3. The highest BCUT2D eigenvalue weighted by Gasteiger charge is 2.31. The summed E-state index contributed by atoms with van der Waals surface area (Å²) in [4.78, 5) is 4.33. The molecule has 1 fully saturated rings. The zero-order chi connectivity index (χ0) is 12.3. The molecule has 0 spiro atoms. The summed E-state index contributed by atoms with van der Waals surface area (Å²) in [6.07, 6.45) is 3.09. The summed E-state index contributed by atoms with van der Waals surface area (Å²) in [6.45, 7) is 4.07. The molecule has 17 heavy (non-hydrogen) atoms. The van der Waals surface area contributed by atoms with Crippen LogP contribution >= 0.6 is 0 Å². The van der Waals surface area contributed by atoms with Crippen molar-refractivity contribution in [3.8, 4) is 11.5 Å². The average Bonchev–Trinajstić information content (AvgIpc) is 3.05. The van der Waals surface area contributed by atoms with E-state index in [9.17, 15) is 0 Å². The van der Waals surface area contributed by atoms with E-state index in [1.165, 1.54) is 6.42 Å². The lowest BCUT2D eigenvalue weighted by Crippen LogP contribution is -2.18. The summed E-state index contributed by atoms with van der Waals surface area (Å²) in [5, 5.41) is 3.42. The van der Waals surface area contributed by atoms with Crippen molar-refractivity contribution in [1.29, 1.82) is 0 Å². The molecule has 2 rings (SSSR count). The number of ether oxygens (including phenoxy) is 2. The third-order valence-corrected chi connectivity index (χ3v) is 3.34. The van der Waals surface area contributed by atoms with Crippen LogP contribution in [0.4, 0.5) is 0 Å². The molecule has 2 atom stereocenters. The van der Waals surface area contributed by atoms with E-state index in [0.29, 0.717) is 0 Å².